The summed E-state index contributed by atoms with van der Waals surface area (Å²) in [4.78, 5) is 3.19. The number of hydrogen-bond donors (Lipinski definition) is 2. The minimum absolute atomic E-state index is 0.284. The molecule has 0 bridgehead atoms. The Kier molecular flexibility index (Phi) is 3.79. The Balaban J connectivity index is 1.73. The van der Waals surface area contributed by atoms with E-state index < -0.39 is 0 Å². The third kappa shape index (κ3) is 3.01. The van der Waals surface area contributed by atoms with Crippen LogP contribution in [0.2, 0.25) is 0 Å². The van der Waals surface area contributed by atoms with E-state index in [0.717, 1.165) is 22.5 Å². The predicted octanol–water partition coefficient (Wildman–Crippen LogP) is 3.79. The summed E-state index contributed by atoms with van der Waals surface area (Å²) in [6, 6.07) is 16.2. The summed E-state index contributed by atoms with van der Waals surface area (Å²) in [5.74, 6) is 3.31. The summed E-state index contributed by atoms with van der Waals surface area (Å²) in [6.07, 6.45) is 7.18. The third-order valence-corrected chi connectivity index (χ3v) is 3.32. The van der Waals surface area contributed by atoms with Crippen molar-refractivity contribution >= 4 is 16.6 Å². The molecule has 3 aromatic rings. The van der Waals surface area contributed by atoms with E-state index in [4.69, 9.17) is 11.2 Å². The van der Waals surface area contributed by atoms with Crippen molar-refractivity contribution in [1.29, 1.82) is 0 Å². The fourth-order valence-corrected chi connectivity index (χ4v) is 2.27. The van der Waals surface area contributed by atoms with Crippen LogP contribution < -0.4 is 10.1 Å². The summed E-state index contributed by atoms with van der Waals surface area (Å²) in [6.45, 7) is 0.975. The first-order valence-electron chi connectivity index (χ1n) is 6.82. The zero-order valence-electron chi connectivity index (χ0n) is 11.6. The quantitative estimate of drug-likeness (QED) is 0.696. The van der Waals surface area contributed by atoms with Crippen molar-refractivity contribution < 1.29 is 4.74 Å². The number of benzene rings is 2. The number of fused-ring (bicyclic) bond motifs is 1. The maximum absolute atomic E-state index is 5.55. The SMILES string of the molecule is C#CCOc1ccccc1CNc1ccc2[nH]ccc2c1. The standard InChI is InChI=1S/C18H16N2O/c1-2-11-21-18-6-4-3-5-15(18)13-20-16-7-8-17-14(12-16)9-10-19-17/h1,3-10,12,19-20H,11,13H2. The van der Waals surface area contributed by atoms with Crippen LogP contribution in [0.5, 0.6) is 5.75 Å². The summed E-state index contributed by atoms with van der Waals surface area (Å²) >= 11 is 0. The molecule has 3 rings (SSSR count). The molecule has 0 saturated heterocycles. The topological polar surface area (TPSA) is 37.0 Å². The Labute approximate surface area is 124 Å². The lowest BCUT2D eigenvalue weighted by molar-refractivity contribution is 0.366. The van der Waals surface area contributed by atoms with Gasteiger partial charge in [0.1, 0.15) is 12.4 Å². The van der Waals surface area contributed by atoms with Gasteiger partial charge >= 0.3 is 0 Å². The molecule has 0 aliphatic heterocycles. The largest absolute Gasteiger partial charge is 0.481 e. The number of nitrogens with one attached hydrogen (secondary N) is 2. The Morgan fingerprint density at radius 3 is 2.95 bits per heavy atom. The lowest BCUT2D eigenvalue weighted by atomic mass is 10.2. The van der Waals surface area contributed by atoms with Gasteiger partial charge in [0.15, 0.2) is 0 Å². The van der Waals surface area contributed by atoms with Crippen molar-refractivity contribution in [3.05, 3.63) is 60.3 Å². The maximum atomic E-state index is 5.55. The van der Waals surface area contributed by atoms with Crippen LogP contribution in [0.3, 0.4) is 0 Å². The Morgan fingerprint density at radius 2 is 2.05 bits per heavy atom. The van der Waals surface area contributed by atoms with Gasteiger partial charge in [0.25, 0.3) is 0 Å². The van der Waals surface area contributed by atoms with Gasteiger partial charge in [-0.3, -0.25) is 0 Å². The number of rotatable bonds is 5. The fraction of sp³-hybridized carbons (Fsp3) is 0.111. The zero-order chi connectivity index (χ0) is 14.5. The van der Waals surface area contributed by atoms with Crippen LogP contribution in [0.1, 0.15) is 5.56 Å². The average molecular weight is 276 g/mol. The van der Waals surface area contributed by atoms with Gasteiger partial charge in [-0.2, -0.15) is 0 Å². The number of ether oxygens (including phenoxy) is 1. The van der Waals surface area contributed by atoms with E-state index >= 15 is 0 Å². The molecule has 0 aliphatic carbocycles. The molecule has 0 spiro atoms. The molecule has 1 aromatic heterocycles. The van der Waals surface area contributed by atoms with E-state index in [1.807, 2.05) is 30.5 Å². The van der Waals surface area contributed by atoms with E-state index in [1.54, 1.807) is 0 Å². The first-order chi connectivity index (χ1) is 10.4. The van der Waals surface area contributed by atoms with Gasteiger partial charge in [-0.05, 0) is 30.3 Å². The van der Waals surface area contributed by atoms with Crippen LogP contribution in [0, 0.1) is 12.3 Å². The molecule has 3 heteroatoms. The summed E-state index contributed by atoms with van der Waals surface area (Å²) in [7, 11) is 0. The van der Waals surface area contributed by atoms with Crippen LogP contribution in [-0.2, 0) is 6.54 Å². The van der Waals surface area contributed by atoms with Gasteiger partial charge in [0, 0.05) is 34.9 Å². The Morgan fingerprint density at radius 1 is 1.14 bits per heavy atom. The highest BCUT2D eigenvalue weighted by Crippen LogP contribution is 2.21. The molecule has 0 aliphatic rings. The number of para-hydroxylation sites is 1. The molecule has 0 radical (unpaired) electrons. The minimum Gasteiger partial charge on any atom is -0.481 e. The molecule has 1 heterocycles. The van der Waals surface area contributed by atoms with Gasteiger partial charge in [0.2, 0.25) is 0 Å². The number of terminal acetylenes is 1. The second kappa shape index (κ2) is 6.06. The highest BCUT2D eigenvalue weighted by molar-refractivity contribution is 5.82. The minimum atomic E-state index is 0.284. The monoisotopic (exact) mass is 276 g/mol. The van der Waals surface area contributed by atoms with Gasteiger partial charge < -0.3 is 15.0 Å². The van der Waals surface area contributed by atoms with Crippen molar-refractivity contribution in [2.24, 2.45) is 0 Å². The molecule has 104 valence electrons. The van der Waals surface area contributed by atoms with E-state index in [2.05, 4.69) is 40.5 Å². The average Bonchev–Trinajstić information content (AvgIpc) is 2.99. The molecular weight excluding hydrogens is 260 g/mol. The van der Waals surface area contributed by atoms with Gasteiger partial charge in [-0.1, -0.05) is 24.1 Å². The highest BCUT2D eigenvalue weighted by Gasteiger charge is 2.03. The first kappa shape index (κ1) is 13.1. The highest BCUT2D eigenvalue weighted by atomic mass is 16.5. The maximum Gasteiger partial charge on any atom is 0.148 e. The number of hydrogen-bond acceptors (Lipinski definition) is 2. The molecular formula is C18H16N2O. The lowest BCUT2D eigenvalue weighted by Gasteiger charge is -2.11. The molecule has 0 fully saturated rings. The first-order valence-corrected chi connectivity index (χ1v) is 6.82. The van der Waals surface area contributed by atoms with Crippen molar-refractivity contribution in [3.8, 4) is 18.1 Å². The van der Waals surface area contributed by atoms with E-state index in [0.29, 0.717) is 6.54 Å². The smallest absolute Gasteiger partial charge is 0.148 e. The summed E-state index contributed by atoms with van der Waals surface area (Å²) in [5.41, 5.74) is 3.30. The van der Waals surface area contributed by atoms with Crippen molar-refractivity contribution in [1.82, 2.24) is 4.98 Å². The van der Waals surface area contributed by atoms with E-state index in [1.165, 1.54) is 5.39 Å². The fourth-order valence-electron chi connectivity index (χ4n) is 2.27. The Bertz CT molecular complexity index is 783. The number of aromatic nitrogens is 1. The van der Waals surface area contributed by atoms with Crippen LogP contribution in [0.4, 0.5) is 5.69 Å². The second-order valence-corrected chi connectivity index (χ2v) is 4.73. The molecule has 2 N–H and O–H groups in total. The second-order valence-electron chi connectivity index (χ2n) is 4.73. The summed E-state index contributed by atoms with van der Waals surface area (Å²) < 4.78 is 5.55. The van der Waals surface area contributed by atoms with Gasteiger partial charge in [0.05, 0.1) is 0 Å². The Hall–Kier alpha value is -2.86. The summed E-state index contributed by atoms with van der Waals surface area (Å²) in [5, 5.41) is 4.61. The lowest BCUT2D eigenvalue weighted by Crippen LogP contribution is -2.03. The van der Waals surface area contributed by atoms with Crippen LogP contribution >= 0.6 is 0 Å². The molecule has 0 unspecified atom stereocenters. The van der Waals surface area contributed by atoms with Gasteiger partial charge in [-0.25, -0.2) is 0 Å². The number of aromatic amines is 1. The van der Waals surface area contributed by atoms with Crippen molar-refractivity contribution in [2.75, 3.05) is 11.9 Å². The van der Waals surface area contributed by atoms with Gasteiger partial charge in [-0.15, -0.1) is 6.42 Å². The van der Waals surface area contributed by atoms with Crippen LogP contribution in [0.15, 0.2) is 54.7 Å². The van der Waals surface area contributed by atoms with Crippen molar-refractivity contribution in [2.45, 2.75) is 6.54 Å². The van der Waals surface area contributed by atoms with Crippen LogP contribution in [-0.4, -0.2) is 11.6 Å². The molecule has 0 saturated carbocycles. The normalized spacial score (nSPS) is 10.2. The molecule has 2 aromatic carbocycles. The number of anilines is 1. The van der Waals surface area contributed by atoms with E-state index in [-0.39, 0.29) is 6.61 Å². The molecule has 0 amide bonds. The number of H-pyrrole nitrogens is 1. The van der Waals surface area contributed by atoms with Crippen LogP contribution in [0.25, 0.3) is 10.9 Å². The zero-order valence-corrected chi connectivity index (χ0v) is 11.6. The van der Waals surface area contributed by atoms with Crippen molar-refractivity contribution in [3.63, 3.8) is 0 Å². The molecule has 0 atom stereocenters. The third-order valence-electron chi connectivity index (χ3n) is 3.32. The molecule has 3 nitrogen and oxygen atoms in total. The van der Waals surface area contributed by atoms with E-state index in [9.17, 15) is 0 Å². The molecule has 21 heavy (non-hydrogen) atoms. The predicted molar refractivity (Wildman–Crippen MR) is 86.4 cm³/mol.